The first kappa shape index (κ1) is 32.6. The van der Waals surface area contributed by atoms with Gasteiger partial charge in [-0.2, -0.15) is 0 Å². The number of aliphatic hydroxyl groups is 1. The largest absolute Gasteiger partial charge is 0.481 e. The van der Waals surface area contributed by atoms with Crippen LogP contribution in [0.4, 0.5) is 15.9 Å². The van der Waals surface area contributed by atoms with Crippen molar-refractivity contribution in [2.45, 2.75) is 45.0 Å². The Kier molecular flexibility index (Phi) is 10.9. The van der Waals surface area contributed by atoms with Crippen LogP contribution < -0.4 is 26.0 Å². The molecule has 1 fully saturated rings. The molecule has 2 aromatic carbocycles. The lowest BCUT2D eigenvalue weighted by Crippen LogP contribution is -2.35. The standard InChI is InChI=1S/C33H35Cl2FN6O3/c1-19(43)15-37-16-20-5-3-8-27(31(20)36)41-32-30(35)24(13-14-39-32)23-6-4-7-25(29(23)34)26-11-9-21(33(42-26)45-2)17-38-18-22-10-12-28(44)40-22/h3-9,11,13-14,19,22,37-38,43H,10,12,15-18H2,1-2H3,(H,39,41)(H,40,44). The Morgan fingerprint density at radius 1 is 1.02 bits per heavy atom. The molecule has 4 aromatic rings. The molecule has 1 aliphatic rings. The summed E-state index contributed by atoms with van der Waals surface area (Å²) in [6, 6.07) is 16.3. The summed E-state index contributed by atoms with van der Waals surface area (Å²) < 4.78 is 20.9. The third-order valence-electron chi connectivity index (χ3n) is 7.46. The zero-order valence-electron chi connectivity index (χ0n) is 25.0. The lowest BCUT2D eigenvalue weighted by molar-refractivity contribution is -0.119. The van der Waals surface area contributed by atoms with Crippen molar-refractivity contribution in [2.75, 3.05) is 25.5 Å². The summed E-state index contributed by atoms with van der Waals surface area (Å²) in [4.78, 5) is 20.5. The van der Waals surface area contributed by atoms with Gasteiger partial charge in [0.1, 0.15) is 5.82 Å². The molecule has 1 aliphatic heterocycles. The number of hydrogen-bond donors (Lipinski definition) is 5. The first-order valence-electron chi connectivity index (χ1n) is 14.7. The van der Waals surface area contributed by atoms with Crippen LogP contribution in [0, 0.1) is 5.82 Å². The van der Waals surface area contributed by atoms with Crippen LogP contribution in [0.3, 0.4) is 0 Å². The van der Waals surface area contributed by atoms with E-state index in [0.717, 1.165) is 12.0 Å². The molecule has 5 rings (SSSR count). The number of nitrogens with zero attached hydrogens (tertiary/aromatic N) is 2. The molecule has 0 spiro atoms. The van der Waals surface area contributed by atoms with Crippen LogP contribution in [0.2, 0.25) is 10.0 Å². The lowest BCUT2D eigenvalue weighted by atomic mass is 10.0. The van der Waals surface area contributed by atoms with E-state index in [9.17, 15) is 9.90 Å². The van der Waals surface area contributed by atoms with E-state index >= 15 is 4.39 Å². The quantitative estimate of drug-likeness (QED) is 0.122. The Hall–Kier alpha value is -3.80. The molecular formula is C33H35Cl2FN6O3. The van der Waals surface area contributed by atoms with E-state index in [0.29, 0.717) is 64.9 Å². The number of amides is 1. The monoisotopic (exact) mass is 652 g/mol. The molecule has 2 atom stereocenters. The number of hydrogen-bond acceptors (Lipinski definition) is 8. The van der Waals surface area contributed by atoms with Crippen LogP contribution >= 0.6 is 23.2 Å². The van der Waals surface area contributed by atoms with E-state index in [4.69, 9.17) is 32.9 Å². The number of aromatic nitrogens is 2. The van der Waals surface area contributed by atoms with Gasteiger partial charge in [0.2, 0.25) is 11.8 Å². The van der Waals surface area contributed by atoms with Crippen LogP contribution in [0.1, 0.15) is 30.9 Å². The summed E-state index contributed by atoms with van der Waals surface area (Å²) in [7, 11) is 1.57. The molecule has 9 nitrogen and oxygen atoms in total. The SMILES string of the molecule is COc1nc(-c2cccc(-c3ccnc(Nc4cccc(CNCC(C)O)c4F)c3Cl)c2Cl)ccc1CNCC1CCC(=O)N1. The highest BCUT2D eigenvalue weighted by atomic mass is 35.5. The molecular weight excluding hydrogens is 618 g/mol. The van der Waals surface area contributed by atoms with Gasteiger partial charge in [-0.3, -0.25) is 4.79 Å². The molecule has 12 heteroatoms. The molecule has 3 heterocycles. The van der Waals surface area contributed by atoms with Gasteiger partial charge in [-0.05, 0) is 31.5 Å². The Labute approximate surface area is 271 Å². The van der Waals surface area contributed by atoms with Crippen molar-refractivity contribution in [3.8, 4) is 28.3 Å². The normalized spacial score (nSPS) is 15.2. The van der Waals surface area contributed by atoms with E-state index in [1.54, 1.807) is 44.5 Å². The fourth-order valence-electron chi connectivity index (χ4n) is 5.17. The van der Waals surface area contributed by atoms with Crippen LogP contribution in [-0.4, -0.2) is 53.3 Å². The minimum Gasteiger partial charge on any atom is -0.481 e. The van der Waals surface area contributed by atoms with Gasteiger partial charge in [-0.1, -0.05) is 59.6 Å². The second-order valence-electron chi connectivity index (χ2n) is 10.9. The Morgan fingerprint density at radius 2 is 1.78 bits per heavy atom. The van der Waals surface area contributed by atoms with Crippen molar-refractivity contribution in [3.05, 3.63) is 87.8 Å². The van der Waals surface area contributed by atoms with Crippen molar-refractivity contribution in [1.29, 1.82) is 0 Å². The molecule has 0 aliphatic carbocycles. The van der Waals surface area contributed by atoms with Gasteiger partial charge >= 0.3 is 0 Å². The van der Waals surface area contributed by atoms with Gasteiger partial charge < -0.3 is 31.1 Å². The van der Waals surface area contributed by atoms with Crippen LogP contribution in [0.5, 0.6) is 5.88 Å². The van der Waals surface area contributed by atoms with Crippen molar-refractivity contribution in [1.82, 2.24) is 25.9 Å². The maximum Gasteiger partial charge on any atom is 0.220 e. The second kappa shape index (κ2) is 15.0. The fourth-order valence-corrected chi connectivity index (χ4v) is 5.76. The van der Waals surface area contributed by atoms with E-state index < -0.39 is 11.9 Å². The number of methoxy groups -OCH3 is 1. The third kappa shape index (κ3) is 7.89. The number of rotatable bonds is 13. The van der Waals surface area contributed by atoms with Crippen LogP contribution in [0.25, 0.3) is 22.4 Å². The summed E-state index contributed by atoms with van der Waals surface area (Å²) in [5, 5.41) is 22.6. The molecule has 236 valence electrons. The summed E-state index contributed by atoms with van der Waals surface area (Å²) >= 11 is 13.8. The minimum absolute atomic E-state index is 0.0856. The topological polar surface area (TPSA) is 120 Å². The van der Waals surface area contributed by atoms with E-state index in [1.807, 2.05) is 30.3 Å². The number of nitrogens with one attached hydrogen (secondary N) is 4. The molecule has 2 unspecified atom stereocenters. The number of pyridine rings is 2. The number of aliphatic hydroxyl groups excluding tert-OH is 1. The van der Waals surface area contributed by atoms with Gasteiger partial charge in [0.05, 0.1) is 34.6 Å². The highest BCUT2D eigenvalue weighted by molar-refractivity contribution is 6.39. The maximum absolute atomic E-state index is 15.3. The fraction of sp³-hybridized carbons (Fsp3) is 0.303. The Morgan fingerprint density at radius 3 is 2.53 bits per heavy atom. The summed E-state index contributed by atoms with van der Waals surface area (Å²) in [5.74, 6) is 0.387. The molecule has 1 amide bonds. The predicted molar refractivity (Wildman–Crippen MR) is 175 cm³/mol. The molecule has 0 saturated carbocycles. The second-order valence-corrected chi connectivity index (χ2v) is 11.6. The van der Waals surface area contributed by atoms with Gasteiger partial charge in [0.25, 0.3) is 0 Å². The number of ether oxygens (including phenoxy) is 1. The average Bonchev–Trinajstić information content (AvgIpc) is 3.45. The van der Waals surface area contributed by atoms with Crippen molar-refractivity contribution in [2.24, 2.45) is 0 Å². The number of carbonyl (C=O) groups is 1. The Bertz CT molecular complexity index is 1670. The summed E-state index contributed by atoms with van der Waals surface area (Å²) in [6.07, 6.45) is 2.42. The maximum atomic E-state index is 15.3. The van der Waals surface area contributed by atoms with Crippen molar-refractivity contribution >= 4 is 40.6 Å². The van der Waals surface area contributed by atoms with E-state index in [-0.39, 0.29) is 35.0 Å². The molecule has 1 saturated heterocycles. The highest BCUT2D eigenvalue weighted by Crippen LogP contribution is 2.41. The Balaban J connectivity index is 1.36. The number of carbonyl (C=O) groups excluding carboxylic acids is 1. The summed E-state index contributed by atoms with van der Waals surface area (Å²) in [6.45, 7) is 3.45. The molecule has 2 aromatic heterocycles. The number of halogens is 3. The van der Waals surface area contributed by atoms with Gasteiger partial charge in [0.15, 0.2) is 5.82 Å². The number of anilines is 2. The molecule has 0 bridgehead atoms. The summed E-state index contributed by atoms with van der Waals surface area (Å²) in [5.41, 5.74) is 4.12. The third-order valence-corrected chi connectivity index (χ3v) is 8.25. The first-order valence-corrected chi connectivity index (χ1v) is 15.4. The minimum atomic E-state index is -0.538. The van der Waals surface area contributed by atoms with Gasteiger partial charge in [-0.25, -0.2) is 14.4 Å². The predicted octanol–water partition coefficient (Wildman–Crippen LogP) is 5.85. The number of benzene rings is 2. The molecule has 0 radical (unpaired) electrons. The zero-order chi connectivity index (χ0) is 31.9. The molecule has 5 N–H and O–H groups in total. The highest BCUT2D eigenvalue weighted by Gasteiger charge is 2.21. The first-order chi connectivity index (χ1) is 21.7. The van der Waals surface area contributed by atoms with Crippen molar-refractivity contribution in [3.63, 3.8) is 0 Å². The zero-order valence-corrected chi connectivity index (χ0v) is 26.5. The average molecular weight is 654 g/mol. The van der Waals surface area contributed by atoms with Gasteiger partial charge in [0, 0.05) is 72.7 Å². The van der Waals surface area contributed by atoms with E-state index in [2.05, 4.69) is 26.3 Å². The smallest absolute Gasteiger partial charge is 0.220 e. The molecule has 45 heavy (non-hydrogen) atoms. The van der Waals surface area contributed by atoms with Crippen LogP contribution in [-0.2, 0) is 17.9 Å². The lowest BCUT2D eigenvalue weighted by Gasteiger charge is -2.16. The van der Waals surface area contributed by atoms with Gasteiger partial charge in [-0.15, -0.1) is 0 Å². The van der Waals surface area contributed by atoms with Crippen LogP contribution in [0.15, 0.2) is 60.8 Å². The van der Waals surface area contributed by atoms with E-state index in [1.165, 1.54) is 0 Å². The van der Waals surface area contributed by atoms with Crippen molar-refractivity contribution < 1.29 is 19.0 Å².